The van der Waals surface area contributed by atoms with E-state index in [1.54, 1.807) is 6.92 Å². The summed E-state index contributed by atoms with van der Waals surface area (Å²) >= 11 is 9.42. The number of rotatable bonds is 10. The highest BCUT2D eigenvalue weighted by Gasteiger charge is 2.05. The normalized spacial score (nSPS) is 12.2. The minimum absolute atomic E-state index is 0.321. The van der Waals surface area contributed by atoms with Crippen LogP contribution in [0.3, 0.4) is 0 Å². The molecule has 3 N–H and O–H groups in total. The summed E-state index contributed by atoms with van der Waals surface area (Å²) in [6.45, 7) is 5.21. The zero-order valence-electron chi connectivity index (χ0n) is 14.3. The molecule has 0 aliphatic heterocycles. The van der Waals surface area contributed by atoms with Crippen LogP contribution in [0.25, 0.3) is 0 Å². The van der Waals surface area contributed by atoms with E-state index in [1.165, 1.54) is 0 Å². The van der Waals surface area contributed by atoms with Gasteiger partial charge in [0.05, 0.1) is 6.10 Å². The van der Waals surface area contributed by atoms with Crippen LogP contribution < -0.4 is 15.4 Å². The zero-order valence-corrected chi connectivity index (χ0v) is 16.6. The Morgan fingerprint density at radius 1 is 1.12 bits per heavy atom. The first kappa shape index (κ1) is 20.2. The van der Waals surface area contributed by atoms with Crippen molar-refractivity contribution in [2.24, 2.45) is 0 Å². The maximum Gasteiger partial charge on any atom is 0.124 e. The number of halogens is 2. The van der Waals surface area contributed by atoms with Gasteiger partial charge in [-0.25, -0.2) is 0 Å². The molecule has 2 aromatic carbocycles. The van der Waals surface area contributed by atoms with Crippen LogP contribution in [-0.4, -0.2) is 30.8 Å². The minimum Gasteiger partial charge on any atom is -0.489 e. The van der Waals surface area contributed by atoms with Crippen LogP contribution in [0, 0.1) is 0 Å². The highest BCUT2D eigenvalue weighted by Crippen LogP contribution is 2.24. The van der Waals surface area contributed by atoms with E-state index in [0.717, 1.165) is 39.5 Å². The summed E-state index contributed by atoms with van der Waals surface area (Å²) in [5, 5.41) is 16.5. The van der Waals surface area contributed by atoms with Gasteiger partial charge >= 0.3 is 0 Å². The van der Waals surface area contributed by atoms with Gasteiger partial charge in [-0.15, -0.1) is 0 Å². The van der Waals surface area contributed by atoms with Gasteiger partial charge in [0.2, 0.25) is 0 Å². The van der Waals surface area contributed by atoms with E-state index in [1.807, 2.05) is 36.4 Å². The van der Waals surface area contributed by atoms with Crippen LogP contribution >= 0.6 is 27.5 Å². The molecule has 0 aliphatic rings. The number of hydrogen-bond donors (Lipinski definition) is 3. The molecule has 25 heavy (non-hydrogen) atoms. The topological polar surface area (TPSA) is 53.5 Å². The number of benzene rings is 2. The predicted octanol–water partition coefficient (Wildman–Crippen LogP) is 3.74. The Labute approximate surface area is 162 Å². The van der Waals surface area contributed by atoms with Crippen LogP contribution in [0.1, 0.15) is 18.1 Å². The van der Waals surface area contributed by atoms with E-state index in [-0.39, 0.29) is 6.10 Å². The van der Waals surface area contributed by atoms with Gasteiger partial charge in [-0.2, -0.15) is 0 Å². The van der Waals surface area contributed by atoms with Crippen molar-refractivity contribution in [3.63, 3.8) is 0 Å². The highest BCUT2D eigenvalue weighted by atomic mass is 79.9. The maximum atomic E-state index is 9.21. The lowest BCUT2D eigenvalue weighted by molar-refractivity contribution is 0.191. The van der Waals surface area contributed by atoms with Gasteiger partial charge in [0.25, 0.3) is 0 Å². The summed E-state index contributed by atoms with van der Waals surface area (Å²) in [5.41, 5.74) is 2.17. The SMILES string of the molecule is CC(O)CNCCNCc1cc(Br)ccc1OCc1ccc(Cl)cc1. The van der Waals surface area contributed by atoms with E-state index in [9.17, 15) is 5.11 Å². The molecule has 4 nitrogen and oxygen atoms in total. The van der Waals surface area contributed by atoms with Gasteiger partial charge in [0.1, 0.15) is 12.4 Å². The van der Waals surface area contributed by atoms with Crippen molar-refractivity contribution in [1.82, 2.24) is 10.6 Å². The fraction of sp³-hybridized carbons (Fsp3) is 0.368. The Morgan fingerprint density at radius 2 is 1.84 bits per heavy atom. The monoisotopic (exact) mass is 426 g/mol. The van der Waals surface area contributed by atoms with Gasteiger partial charge in [0, 0.05) is 41.2 Å². The summed E-state index contributed by atoms with van der Waals surface area (Å²) in [7, 11) is 0. The first-order chi connectivity index (χ1) is 12.0. The van der Waals surface area contributed by atoms with Gasteiger partial charge < -0.3 is 20.5 Å². The molecule has 0 heterocycles. The summed E-state index contributed by atoms with van der Waals surface area (Å²) in [6, 6.07) is 13.7. The molecule has 0 radical (unpaired) electrons. The molecule has 1 unspecified atom stereocenters. The quantitative estimate of drug-likeness (QED) is 0.506. The number of aliphatic hydroxyl groups is 1. The van der Waals surface area contributed by atoms with Gasteiger partial charge in [0.15, 0.2) is 0 Å². The molecule has 2 rings (SSSR count). The smallest absolute Gasteiger partial charge is 0.124 e. The Bertz CT molecular complexity index is 650. The van der Waals surface area contributed by atoms with Crippen molar-refractivity contribution in [2.75, 3.05) is 19.6 Å². The van der Waals surface area contributed by atoms with Gasteiger partial charge in [-0.1, -0.05) is 39.7 Å². The maximum absolute atomic E-state index is 9.21. The van der Waals surface area contributed by atoms with E-state index >= 15 is 0 Å². The zero-order chi connectivity index (χ0) is 18.1. The average molecular weight is 428 g/mol. The molecule has 0 saturated heterocycles. The van der Waals surface area contributed by atoms with E-state index < -0.39 is 0 Å². The first-order valence-corrected chi connectivity index (χ1v) is 9.47. The Hall–Kier alpha value is -1.11. The molecular formula is C19H24BrClN2O2. The number of nitrogens with one attached hydrogen (secondary N) is 2. The second kappa shape index (κ2) is 10.8. The number of hydrogen-bond acceptors (Lipinski definition) is 4. The molecule has 6 heteroatoms. The minimum atomic E-state index is -0.321. The van der Waals surface area contributed by atoms with Crippen LogP contribution in [-0.2, 0) is 13.2 Å². The van der Waals surface area contributed by atoms with Crippen molar-refractivity contribution in [3.05, 3.63) is 63.1 Å². The highest BCUT2D eigenvalue weighted by molar-refractivity contribution is 9.10. The lowest BCUT2D eigenvalue weighted by atomic mass is 10.2. The number of aliphatic hydroxyl groups excluding tert-OH is 1. The van der Waals surface area contributed by atoms with Crippen molar-refractivity contribution in [2.45, 2.75) is 26.2 Å². The van der Waals surface area contributed by atoms with Crippen molar-refractivity contribution < 1.29 is 9.84 Å². The molecule has 136 valence electrons. The molecular weight excluding hydrogens is 404 g/mol. The molecule has 0 amide bonds. The fourth-order valence-electron chi connectivity index (χ4n) is 2.28. The fourth-order valence-corrected chi connectivity index (χ4v) is 2.81. The Morgan fingerprint density at radius 3 is 2.56 bits per heavy atom. The van der Waals surface area contributed by atoms with E-state index in [0.29, 0.717) is 19.7 Å². The second-order valence-electron chi connectivity index (χ2n) is 5.90. The lowest BCUT2D eigenvalue weighted by Gasteiger charge is -2.13. The summed E-state index contributed by atoms with van der Waals surface area (Å²) in [6.07, 6.45) is -0.321. The second-order valence-corrected chi connectivity index (χ2v) is 7.25. The van der Waals surface area contributed by atoms with Crippen molar-refractivity contribution in [3.8, 4) is 5.75 Å². The van der Waals surface area contributed by atoms with Crippen molar-refractivity contribution >= 4 is 27.5 Å². The number of ether oxygens (including phenoxy) is 1. The van der Waals surface area contributed by atoms with Crippen LogP contribution in [0.5, 0.6) is 5.75 Å². The molecule has 0 saturated carbocycles. The summed E-state index contributed by atoms with van der Waals surface area (Å²) < 4.78 is 7.00. The van der Waals surface area contributed by atoms with Crippen LogP contribution in [0.15, 0.2) is 46.9 Å². The molecule has 0 spiro atoms. The standard InChI is InChI=1S/C19H24BrClN2O2/c1-14(24)11-22-8-9-23-12-16-10-17(20)4-7-19(16)25-13-15-2-5-18(21)6-3-15/h2-7,10,14,22-24H,8-9,11-13H2,1H3. The van der Waals surface area contributed by atoms with Gasteiger partial charge in [-0.05, 0) is 42.8 Å². The Kier molecular flexibility index (Phi) is 8.72. The predicted molar refractivity (Wildman–Crippen MR) is 106 cm³/mol. The van der Waals surface area contributed by atoms with Crippen molar-refractivity contribution in [1.29, 1.82) is 0 Å². The van der Waals surface area contributed by atoms with Crippen LogP contribution in [0.2, 0.25) is 5.02 Å². The van der Waals surface area contributed by atoms with E-state index in [2.05, 4.69) is 32.6 Å². The molecule has 1 atom stereocenters. The molecule has 0 aliphatic carbocycles. The Balaban J connectivity index is 1.85. The third kappa shape index (κ3) is 7.75. The molecule has 0 bridgehead atoms. The third-order valence-electron chi connectivity index (χ3n) is 3.56. The first-order valence-electron chi connectivity index (χ1n) is 8.30. The third-order valence-corrected chi connectivity index (χ3v) is 4.31. The average Bonchev–Trinajstić information content (AvgIpc) is 2.58. The molecule has 0 aromatic heterocycles. The van der Waals surface area contributed by atoms with E-state index in [4.69, 9.17) is 16.3 Å². The molecule has 2 aromatic rings. The largest absolute Gasteiger partial charge is 0.489 e. The lowest BCUT2D eigenvalue weighted by Crippen LogP contribution is -2.31. The summed E-state index contributed by atoms with van der Waals surface area (Å²) in [4.78, 5) is 0. The van der Waals surface area contributed by atoms with Gasteiger partial charge in [-0.3, -0.25) is 0 Å². The summed E-state index contributed by atoms with van der Waals surface area (Å²) in [5.74, 6) is 0.864. The van der Waals surface area contributed by atoms with Crippen LogP contribution in [0.4, 0.5) is 0 Å². The molecule has 0 fully saturated rings.